The Bertz CT molecular complexity index is 2160. The van der Waals surface area contributed by atoms with Gasteiger partial charge in [-0.2, -0.15) is 0 Å². The van der Waals surface area contributed by atoms with Crippen LogP contribution in [0, 0.1) is 0 Å². The standard InChI is InChI=1S/C44H30N4/c1-4-14-31(15-5-1)34-20-12-22-36(26-34)42-46-43(37-23-13-21-35(27-37)41-24-10-11-25-45-41)48-44(47-42)40-29-38(32-16-6-2-7-17-32)28-39(30-40)33-18-8-3-9-19-33/h1-30H. The monoisotopic (exact) mass is 614 g/mol. The van der Waals surface area contributed by atoms with Crippen LogP contribution in [0.25, 0.3) is 78.8 Å². The van der Waals surface area contributed by atoms with Gasteiger partial charge in [0.15, 0.2) is 17.5 Å². The minimum Gasteiger partial charge on any atom is -0.256 e. The molecule has 0 aliphatic carbocycles. The lowest BCUT2D eigenvalue weighted by Gasteiger charge is -2.13. The lowest BCUT2D eigenvalue weighted by atomic mass is 9.96. The van der Waals surface area contributed by atoms with Gasteiger partial charge in [-0.15, -0.1) is 0 Å². The van der Waals surface area contributed by atoms with Gasteiger partial charge in [0, 0.05) is 28.5 Å². The summed E-state index contributed by atoms with van der Waals surface area (Å²) in [5.74, 6) is 1.82. The summed E-state index contributed by atoms with van der Waals surface area (Å²) in [5.41, 5.74) is 11.3. The maximum atomic E-state index is 5.15. The van der Waals surface area contributed by atoms with Crippen molar-refractivity contribution in [3.63, 3.8) is 0 Å². The van der Waals surface area contributed by atoms with Crippen LogP contribution in [0.15, 0.2) is 182 Å². The third-order valence-corrected chi connectivity index (χ3v) is 8.35. The lowest BCUT2D eigenvalue weighted by molar-refractivity contribution is 1.07. The maximum Gasteiger partial charge on any atom is 0.164 e. The van der Waals surface area contributed by atoms with Gasteiger partial charge in [-0.3, -0.25) is 4.98 Å². The van der Waals surface area contributed by atoms with Gasteiger partial charge in [-0.05, 0) is 75.8 Å². The van der Waals surface area contributed by atoms with Gasteiger partial charge in [0.2, 0.25) is 0 Å². The average molecular weight is 615 g/mol. The molecule has 4 heteroatoms. The summed E-state index contributed by atoms with van der Waals surface area (Å²) in [5, 5.41) is 0. The number of hydrogen-bond donors (Lipinski definition) is 0. The van der Waals surface area contributed by atoms with E-state index < -0.39 is 0 Å². The molecule has 0 amide bonds. The third kappa shape index (κ3) is 6.15. The van der Waals surface area contributed by atoms with E-state index in [1.165, 1.54) is 0 Å². The summed E-state index contributed by atoms with van der Waals surface area (Å²) >= 11 is 0. The molecule has 0 bridgehead atoms. The fourth-order valence-corrected chi connectivity index (χ4v) is 5.93. The first-order chi connectivity index (χ1) is 23.8. The Hall–Kier alpha value is -6.52. The minimum absolute atomic E-state index is 0.601. The van der Waals surface area contributed by atoms with E-state index in [0.717, 1.165) is 61.3 Å². The van der Waals surface area contributed by atoms with E-state index in [-0.39, 0.29) is 0 Å². The molecule has 2 heterocycles. The molecular weight excluding hydrogens is 585 g/mol. The van der Waals surface area contributed by atoms with E-state index in [9.17, 15) is 0 Å². The molecule has 0 fully saturated rings. The van der Waals surface area contributed by atoms with E-state index in [1.807, 2.05) is 54.7 Å². The molecule has 0 N–H and O–H groups in total. The summed E-state index contributed by atoms with van der Waals surface area (Å²) in [7, 11) is 0. The molecule has 0 aliphatic heterocycles. The molecule has 8 aromatic rings. The fourth-order valence-electron chi connectivity index (χ4n) is 5.93. The first-order valence-electron chi connectivity index (χ1n) is 16.0. The normalized spacial score (nSPS) is 10.9. The van der Waals surface area contributed by atoms with Crippen LogP contribution in [-0.4, -0.2) is 19.9 Å². The average Bonchev–Trinajstić information content (AvgIpc) is 3.19. The van der Waals surface area contributed by atoms with E-state index in [0.29, 0.717) is 17.5 Å². The van der Waals surface area contributed by atoms with Gasteiger partial charge < -0.3 is 0 Å². The molecular formula is C44H30N4. The molecule has 0 saturated heterocycles. The van der Waals surface area contributed by atoms with Crippen molar-refractivity contribution in [2.24, 2.45) is 0 Å². The molecule has 226 valence electrons. The Morgan fingerprint density at radius 2 is 0.625 bits per heavy atom. The highest BCUT2D eigenvalue weighted by atomic mass is 15.0. The molecule has 4 nitrogen and oxygen atoms in total. The molecule has 0 radical (unpaired) electrons. The molecule has 0 spiro atoms. The largest absolute Gasteiger partial charge is 0.256 e. The highest BCUT2D eigenvalue weighted by Crippen LogP contribution is 2.34. The number of benzene rings is 6. The Balaban J connectivity index is 1.33. The first kappa shape index (κ1) is 28.9. The number of nitrogens with zero attached hydrogens (tertiary/aromatic N) is 4. The maximum absolute atomic E-state index is 5.15. The molecule has 2 aromatic heterocycles. The second kappa shape index (κ2) is 13.1. The highest BCUT2D eigenvalue weighted by Gasteiger charge is 2.16. The second-order valence-electron chi connectivity index (χ2n) is 11.6. The van der Waals surface area contributed by atoms with Crippen molar-refractivity contribution in [3.8, 4) is 78.8 Å². The Labute approximate surface area is 280 Å². The summed E-state index contributed by atoms with van der Waals surface area (Å²) in [6, 6.07) is 60.4. The Morgan fingerprint density at radius 1 is 0.250 bits per heavy atom. The topological polar surface area (TPSA) is 51.6 Å². The third-order valence-electron chi connectivity index (χ3n) is 8.35. The number of rotatable bonds is 7. The van der Waals surface area contributed by atoms with Crippen molar-refractivity contribution in [1.29, 1.82) is 0 Å². The van der Waals surface area contributed by atoms with Crippen molar-refractivity contribution in [2.45, 2.75) is 0 Å². The van der Waals surface area contributed by atoms with Gasteiger partial charge in [0.25, 0.3) is 0 Å². The van der Waals surface area contributed by atoms with Crippen molar-refractivity contribution in [2.75, 3.05) is 0 Å². The van der Waals surface area contributed by atoms with Gasteiger partial charge in [-0.1, -0.05) is 133 Å². The molecule has 6 aromatic carbocycles. The zero-order valence-corrected chi connectivity index (χ0v) is 26.1. The molecule has 0 saturated carbocycles. The summed E-state index contributed by atoms with van der Waals surface area (Å²) in [6.07, 6.45) is 1.81. The summed E-state index contributed by atoms with van der Waals surface area (Å²) in [6.45, 7) is 0. The lowest BCUT2D eigenvalue weighted by Crippen LogP contribution is -2.01. The Morgan fingerprint density at radius 3 is 1.15 bits per heavy atom. The Kier molecular flexibility index (Phi) is 7.87. The quantitative estimate of drug-likeness (QED) is 0.179. The van der Waals surface area contributed by atoms with Crippen LogP contribution in [0.3, 0.4) is 0 Å². The zero-order valence-electron chi connectivity index (χ0n) is 26.1. The molecule has 0 atom stereocenters. The first-order valence-corrected chi connectivity index (χ1v) is 16.0. The van der Waals surface area contributed by atoms with E-state index in [1.54, 1.807) is 0 Å². The van der Waals surface area contributed by atoms with Crippen LogP contribution in [0.4, 0.5) is 0 Å². The molecule has 8 rings (SSSR count). The minimum atomic E-state index is 0.601. The molecule has 48 heavy (non-hydrogen) atoms. The van der Waals surface area contributed by atoms with Crippen LogP contribution in [-0.2, 0) is 0 Å². The van der Waals surface area contributed by atoms with Crippen LogP contribution >= 0.6 is 0 Å². The molecule has 0 unspecified atom stereocenters. The van der Waals surface area contributed by atoms with Crippen LogP contribution in [0.5, 0.6) is 0 Å². The smallest absolute Gasteiger partial charge is 0.164 e. The fraction of sp³-hybridized carbons (Fsp3) is 0. The van der Waals surface area contributed by atoms with E-state index in [2.05, 4.69) is 132 Å². The van der Waals surface area contributed by atoms with Gasteiger partial charge in [-0.25, -0.2) is 15.0 Å². The number of aromatic nitrogens is 4. The SMILES string of the molecule is c1ccc(-c2cccc(-c3nc(-c4cc(-c5ccccc5)cc(-c5ccccc5)c4)nc(-c4cccc(-c5ccccn5)c4)n3)c2)cc1. The summed E-state index contributed by atoms with van der Waals surface area (Å²) < 4.78 is 0. The predicted octanol–water partition coefficient (Wildman–Crippen LogP) is 10.9. The van der Waals surface area contributed by atoms with Crippen molar-refractivity contribution in [3.05, 3.63) is 182 Å². The van der Waals surface area contributed by atoms with E-state index in [4.69, 9.17) is 15.0 Å². The van der Waals surface area contributed by atoms with Crippen LogP contribution in [0.1, 0.15) is 0 Å². The van der Waals surface area contributed by atoms with Gasteiger partial charge in [0.05, 0.1) is 5.69 Å². The zero-order chi connectivity index (χ0) is 32.1. The van der Waals surface area contributed by atoms with E-state index >= 15 is 0 Å². The van der Waals surface area contributed by atoms with Crippen molar-refractivity contribution < 1.29 is 0 Å². The van der Waals surface area contributed by atoms with Gasteiger partial charge in [0.1, 0.15) is 0 Å². The van der Waals surface area contributed by atoms with Crippen LogP contribution < -0.4 is 0 Å². The number of hydrogen-bond acceptors (Lipinski definition) is 4. The van der Waals surface area contributed by atoms with Crippen molar-refractivity contribution in [1.82, 2.24) is 19.9 Å². The second-order valence-corrected chi connectivity index (χ2v) is 11.6. The van der Waals surface area contributed by atoms with Crippen LogP contribution in [0.2, 0.25) is 0 Å². The molecule has 0 aliphatic rings. The van der Waals surface area contributed by atoms with Gasteiger partial charge >= 0.3 is 0 Å². The summed E-state index contributed by atoms with van der Waals surface area (Å²) in [4.78, 5) is 20.0. The van der Waals surface area contributed by atoms with Crippen molar-refractivity contribution >= 4 is 0 Å². The number of pyridine rings is 1. The highest BCUT2D eigenvalue weighted by molar-refractivity contribution is 5.81. The predicted molar refractivity (Wildman–Crippen MR) is 196 cm³/mol.